The molecular weight excluding hydrogens is 385 g/mol. The Morgan fingerprint density at radius 3 is 2.48 bits per heavy atom. The van der Waals surface area contributed by atoms with Crippen LogP contribution in [0.2, 0.25) is 0 Å². The maximum Gasteiger partial charge on any atom is 0.184 e. The minimum atomic E-state index is -0.617. The minimum absolute atomic E-state index is 0.235. The van der Waals surface area contributed by atoms with Gasteiger partial charge in [0.2, 0.25) is 0 Å². The Labute approximate surface area is 172 Å². The van der Waals surface area contributed by atoms with Gasteiger partial charge < -0.3 is 9.47 Å². The van der Waals surface area contributed by atoms with Gasteiger partial charge in [0.1, 0.15) is 11.6 Å². The third-order valence-electron chi connectivity index (χ3n) is 5.17. The Balaban J connectivity index is 1.47. The Bertz CT molecular complexity index is 1110. The number of benzene rings is 3. The molecule has 4 aromatic rings. The summed E-state index contributed by atoms with van der Waals surface area (Å²) in [6.07, 6.45) is -0.304. The number of ether oxygens (including phenoxy) is 2. The van der Waals surface area contributed by atoms with E-state index in [4.69, 9.17) is 9.47 Å². The number of hydrogen-bond acceptors (Lipinski definition) is 4. The predicted molar refractivity (Wildman–Crippen MR) is 114 cm³/mol. The molecule has 0 saturated carbocycles. The molecule has 3 aromatic carbocycles. The minimum Gasteiger partial charge on any atom is -0.481 e. The molecule has 1 saturated heterocycles. The molecule has 2 heterocycles. The van der Waals surface area contributed by atoms with Gasteiger partial charge in [-0.2, -0.15) is 0 Å². The quantitative estimate of drug-likeness (QED) is 0.402. The van der Waals surface area contributed by atoms with Crippen LogP contribution in [0, 0.1) is 5.82 Å². The average molecular weight is 405 g/mol. The van der Waals surface area contributed by atoms with E-state index in [1.807, 2.05) is 42.5 Å². The highest BCUT2D eigenvalue weighted by Gasteiger charge is 2.54. The van der Waals surface area contributed by atoms with E-state index in [9.17, 15) is 4.39 Å². The summed E-state index contributed by atoms with van der Waals surface area (Å²) in [5.74, 6) is 0.562. The maximum absolute atomic E-state index is 13.2. The first-order valence-electron chi connectivity index (χ1n) is 9.55. The third-order valence-corrected chi connectivity index (χ3v) is 6.16. The summed E-state index contributed by atoms with van der Waals surface area (Å²) in [6.45, 7) is 1.12. The van der Waals surface area contributed by atoms with E-state index in [1.165, 1.54) is 22.2 Å². The van der Waals surface area contributed by atoms with Gasteiger partial charge in [-0.1, -0.05) is 48.5 Å². The summed E-state index contributed by atoms with van der Waals surface area (Å²) in [6, 6.07) is 24.7. The SMILES string of the molecule is Fc1ccc(CNC2(C(Oc3ccccc3)c3csc4ccccc34)CO2)cc1. The van der Waals surface area contributed by atoms with Gasteiger partial charge in [-0.25, -0.2) is 4.39 Å². The van der Waals surface area contributed by atoms with E-state index in [2.05, 4.69) is 22.8 Å². The van der Waals surface area contributed by atoms with Crippen molar-refractivity contribution >= 4 is 21.4 Å². The van der Waals surface area contributed by atoms with Crippen molar-refractivity contribution in [3.05, 3.63) is 101 Å². The fourth-order valence-corrected chi connectivity index (χ4v) is 4.50. The van der Waals surface area contributed by atoms with Crippen molar-refractivity contribution in [1.82, 2.24) is 5.32 Å². The van der Waals surface area contributed by atoms with Crippen LogP contribution < -0.4 is 10.1 Å². The van der Waals surface area contributed by atoms with Crippen LogP contribution in [0.4, 0.5) is 4.39 Å². The second kappa shape index (κ2) is 7.59. The molecule has 0 amide bonds. The maximum atomic E-state index is 13.2. The van der Waals surface area contributed by atoms with Crippen molar-refractivity contribution in [2.45, 2.75) is 18.4 Å². The zero-order valence-corrected chi connectivity index (χ0v) is 16.5. The number of thiophene rings is 1. The van der Waals surface area contributed by atoms with Gasteiger partial charge in [0, 0.05) is 16.8 Å². The first-order chi connectivity index (χ1) is 14.2. The third kappa shape index (κ3) is 3.77. The molecule has 5 rings (SSSR count). The van der Waals surface area contributed by atoms with E-state index >= 15 is 0 Å². The topological polar surface area (TPSA) is 33.8 Å². The van der Waals surface area contributed by atoms with Crippen LogP contribution in [0.15, 0.2) is 84.2 Å². The molecule has 2 unspecified atom stereocenters. The molecule has 0 aliphatic carbocycles. The molecule has 1 N–H and O–H groups in total. The van der Waals surface area contributed by atoms with Gasteiger partial charge in [0.15, 0.2) is 11.8 Å². The molecule has 1 aliphatic heterocycles. The average Bonchev–Trinajstić information content (AvgIpc) is 3.43. The van der Waals surface area contributed by atoms with Crippen molar-refractivity contribution < 1.29 is 13.9 Å². The van der Waals surface area contributed by atoms with Gasteiger partial charge in [0.05, 0.1) is 6.61 Å². The first kappa shape index (κ1) is 18.3. The predicted octanol–water partition coefficient (Wildman–Crippen LogP) is 5.68. The van der Waals surface area contributed by atoms with Gasteiger partial charge in [-0.05, 0) is 46.7 Å². The van der Waals surface area contributed by atoms with Crippen LogP contribution in [0.1, 0.15) is 17.2 Å². The number of epoxide rings is 1. The fraction of sp³-hybridized carbons (Fsp3) is 0.167. The molecule has 3 nitrogen and oxygen atoms in total. The van der Waals surface area contributed by atoms with Crippen LogP contribution in [-0.2, 0) is 11.3 Å². The standard InChI is InChI=1S/C24H20FNO2S/c25-18-12-10-17(11-13-18)14-26-24(16-27-24)23(28-19-6-2-1-3-7-19)21-15-29-22-9-5-4-8-20(21)22/h1-13,15,23,26H,14,16H2. The summed E-state index contributed by atoms with van der Waals surface area (Å²) < 4.78 is 26.8. The molecule has 1 aromatic heterocycles. The molecular formula is C24H20FNO2S. The number of rotatable bonds is 7. The molecule has 0 bridgehead atoms. The number of hydrogen-bond donors (Lipinski definition) is 1. The molecule has 0 radical (unpaired) electrons. The largest absolute Gasteiger partial charge is 0.481 e. The fourth-order valence-electron chi connectivity index (χ4n) is 3.52. The highest BCUT2D eigenvalue weighted by atomic mass is 32.1. The Morgan fingerprint density at radius 1 is 1.00 bits per heavy atom. The number of fused-ring (bicyclic) bond motifs is 1. The molecule has 1 aliphatic rings. The molecule has 146 valence electrons. The first-order valence-corrected chi connectivity index (χ1v) is 10.4. The second-order valence-corrected chi connectivity index (χ2v) is 8.07. The summed E-state index contributed by atoms with van der Waals surface area (Å²) in [5.41, 5.74) is 1.49. The summed E-state index contributed by atoms with van der Waals surface area (Å²) in [7, 11) is 0. The Hall–Kier alpha value is -2.73. The lowest BCUT2D eigenvalue weighted by molar-refractivity contribution is 0.0732. The monoisotopic (exact) mass is 405 g/mol. The smallest absolute Gasteiger partial charge is 0.184 e. The Kier molecular flexibility index (Phi) is 4.79. The zero-order chi connectivity index (χ0) is 19.7. The molecule has 0 spiro atoms. The van der Waals surface area contributed by atoms with Crippen molar-refractivity contribution in [3.8, 4) is 5.75 Å². The summed E-state index contributed by atoms with van der Waals surface area (Å²) in [4.78, 5) is 0. The molecule has 2 atom stereocenters. The number of para-hydroxylation sites is 1. The summed E-state index contributed by atoms with van der Waals surface area (Å²) in [5, 5.41) is 6.85. The van der Waals surface area contributed by atoms with Crippen molar-refractivity contribution in [2.24, 2.45) is 0 Å². The highest BCUT2D eigenvalue weighted by molar-refractivity contribution is 7.17. The van der Waals surface area contributed by atoms with Crippen LogP contribution >= 0.6 is 11.3 Å². The number of nitrogens with one attached hydrogen (secondary N) is 1. The van der Waals surface area contributed by atoms with Gasteiger partial charge in [-0.3, -0.25) is 5.32 Å². The number of halogens is 1. The second-order valence-electron chi connectivity index (χ2n) is 7.16. The van der Waals surface area contributed by atoms with Crippen molar-refractivity contribution in [3.63, 3.8) is 0 Å². The van der Waals surface area contributed by atoms with E-state index in [0.717, 1.165) is 16.9 Å². The zero-order valence-electron chi connectivity index (χ0n) is 15.7. The van der Waals surface area contributed by atoms with E-state index in [0.29, 0.717) is 13.2 Å². The Morgan fingerprint density at radius 2 is 1.72 bits per heavy atom. The molecule has 29 heavy (non-hydrogen) atoms. The van der Waals surface area contributed by atoms with E-state index in [1.54, 1.807) is 23.5 Å². The lowest BCUT2D eigenvalue weighted by Crippen LogP contribution is -2.41. The van der Waals surface area contributed by atoms with E-state index < -0.39 is 5.72 Å². The normalized spacial score (nSPS) is 19.2. The lowest BCUT2D eigenvalue weighted by atomic mass is 10.0. The van der Waals surface area contributed by atoms with Crippen LogP contribution in [0.25, 0.3) is 10.1 Å². The molecule has 5 heteroatoms. The lowest BCUT2D eigenvalue weighted by Gasteiger charge is -2.26. The highest BCUT2D eigenvalue weighted by Crippen LogP contribution is 2.44. The van der Waals surface area contributed by atoms with Crippen LogP contribution in [0.3, 0.4) is 0 Å². The molecule has 1 fully saturated rings. The summed E-state index contributed by atoms with van der Waals surface area (Å²) >= 11 is 1.71. The van der Waals surface area contributed by atoms with Gasteiger partial charge >= 0.3 is 0 Å². The van der Waals surface area contributed by atoms with Crippen LogP contribution in [0.5, 0.6) is 5.75 Å². The van der Waals surface area contributed by atoms with Crippen molar-refractivity contribution in [2.75, 3.05) is 6.61 Å². The van der Waals surface area contributed by atoms with Crippen molar-refractivity contribution in [1.29, 1.82) is 0 Å². The van der Waals surface area contributed by atoms with Gasteiger partial charge in [-0.15, -0.1) is 11.3 Å². The van der Waals surface area contributed by atoms with Crippen LogP contribution in [-0.4, -0.2) is 12.3 Å². The van der Waals surface area contributed by atoms with E-state index in [-0.39, 0.29) is 11.9 Å². The van der Waals surface area contributed by atoms with Gasteiger partial charge in [0.25, 0.3) is 0 Å².